The highest BCUT2D eigenvalue weighted by atomic mass is 32.2. The molecule has 4 heteroatoms. The molecule has 0 saturated heterocycles. The van der Waals surface area contributed by atoms with E-state index in [1.807, 2.05) is 0 Å². The smallest absolute Gasteiger partial charge is 0.123 e. The molecule has 0 fully saturated rings. The van der Waals surface area contributed by atoms with Crippen LogP contribution in [0.5, 0.6) is 0 Å². The molecule has 0 heterocycles. The van der Waals surface area contributed by atoms with Gasteiger partial charge in [0.1, 0.15) is 5.82 Å². The predicted octanol–water partition coefficient (Wildman–Crippen LogP) is 1.82. The summed E-state index contributed by atoms with van der Waals surface area (Å²) in [4.78, 5) is 0. The van der Waals surface area contributed by atoms with Crippen LogP contribution in [0.2, 0.25) is 0 Å². The fourth-order valence-electron chi connectivity index (χ4n) is 1.32. The van der Waals surface area contributed by atoms with Crippen LogP contribution >= 0.6 is 11.8 Å². The molecule has 0 amide bonds. The number of terminal acetylenes is 1. The Balaban J connectivity index is 2.19. The van der Waals surface area contributed by atoms with Gasteiger partial charge in [0.05, 0.1) is 11.9 Å². The van der Waals surface area contributed by atoms with Crippen molar-refractivity contribution in [3.05, 3.63) is 35.6 Å². The largest absolute Gasteiger partial charge is 0.387 e. The van der Waals surface area contributed by atoms with Crippen molar-refractivity contribution in [2.75, 3.05) is 24.6 Å². The average Bonchev–Trinajstić information content (AvgIpc) is 2.34. The molecule has 1 atom stereocenters. The van der Waals surface area contributed by atoms with Crippen LogP contribution in [0.1, 0.15) is 11.7 Å². The minimum atomic E-state index is -0.603. The predicted molar refractivity (Wildman–Crippen MR) is 70.4 cm³/mol. The second-order valence-electron chi connectivity index (χ2n) is 3.53. The van der Waals surface area contributed by atoms with Crippen molar-refractivity contribution in [1.29, 1.82) is 0 Å². The Kier molecular flexibility index (Phi) is 6.71. The number of hydrogen-bond donors (Lipinski definition) is 2. The van der Waals surface area contributed by atoms with Gasteiger partial charge in [0.15, 0.2) is 0 Å². The minimum Gasteiger partial charge on any atom is -0.387 e. The zero-order chi connectivity index (χ0) is 12.5. The molecule has 0 bridgehead atoms. The number of thioether (sulfide) groups is 1. The third-order valence-electron chi connectivity index (χ3n) is 2.20. The summed E-state index contributed by atoms with van der Waals surface area (Å²) in [5.41, 5.74) is 0.718. The molecule has 1 unspecified atom stereocenters. The highest BCUT2D eigenvalue weighted by Gasteiger charge is 2.06. The summed E-state index contributed by atoms with van der Waals surface area (Å²) in [6.45, 7) is 1.26. The molecule has 17 heavy (non-hydrogen) atoms. The van der Waals surface area contributed by atoms with Crippen LogP contribution in [0.15, 0.2) is 24.3 Å². The highest BCUT2D eigenvalue weighted by molar-refractivity contribution is 7.99. The van der Waals surface area contributed by atoms with Crippen LogP contribution < -0.4 is 5.32 Å². The van der Waals surface area contributed by atoms with Crippen molar-refractivity contribution < 1.29 is 9.50 Å². The van der Waals surface area contributed by atoms with Gasteiger partial charge in [-0.05, 0) is 17.7 Å². The van der Waals surface area contributed by atoms with Gasteiger partial charge in [0, 0.05) is 18.8 Å². The van der Waals surface area contributed by atoms with Crippen LogP contribution in [-0.2, 0) is 0 Å². The van der Waals surface area contributed by atoms with Gasteiger partial charge in [-0.3, -0.25) is 0 Å². The molecule has 0 aliphatic heterocycles. The van der Waals surface area contributed by atoms with Gasteiger partial charge in [0.2, 0.25) is 0 Å². The highest BCUT2D eigenvalue weighted by Crippen LogP contribution is 2.12. The van der Waals surface area contributed by atoms with E-state index in [4.69, 9.17) is 6.42 Å². The Hall–Kier alpha value is -1.02. The lowest BCUT2D eigenvalue weighted by Crippen LogP contribution is -2.23. The molecule has 0 saturated carbocycles. The van der Waals surface area contributed by atoms with Crippen molar-refractivity contribution >= 4 is 11.8 Å². The first-order chi connectivity index (χ1) is 8.24. The molecule has 92 valence electrons. The molecule has 1 aromatic rings. The molecular formula is C13H16FNOS. The summed E-state index contributed by atoms with van der Waals surface area (Å²) in [6, 6.07) is 5.88. The molecule has 1 aromatic carbocycles. The number of aliphatic hydroxyl groups excluding tert-OH is 1. The maximum Gasteiger partial charge on any atom is 0.123 e. The van der Waals surface area contributed by atoms with Crippen molar-refractivity contribution in [1.82, 2.24) is 5.32 Å². The fourth-order valence-corrected chi connectivity index (χ4v) is 1.87. The van der Waals surface area contributed by atoms with Gasteiger partial charge in [-0.2, -0.15) is 0 Å². The number of hydrogen-bond acceptors (Lipinski definition) is 3. The average molecular weight is 253 g/mol. The zero-order valence-electron chi connectivity index (χ0n) is 9.53. The lowest BCUT2D eigenvalue weighted by molar-refractivity contribution is 0.175. The van der Waals surface area contributed by atoms with E-state index in [-0.39, 0.29) is 5.82 Å². The summed E-state index contributed by atoms with van der Waals surface area (Å²) in [5, 5.41) is 12.9. The molecule has 1 rings (SSSR count). The molecule has 0 spiro atoms. The van der Waals surface area contributed by atoms with Crippen molar-refractivity contribution in [2.24, 2.45) is 0 Å². The Morgan fingerprint density at radius 2 is 2.12 bits per heavy atom. The molecular weight excluding hydrogens is 237 g/mol. The zero-order valence-corrected chi connectivity index (χ0v) is 10.3. The molecule has 0 aliphatic rings. The van der Waals surface area contributed by atoms with E-state index in [9.17, 15) is 9.50 Å². The Morgan fingerprint density at radius 3 is 2.76 bits per heavy atom. The van der Waals surface area contributed by atoms with Gasteiger partial charge in [0.25, 0.3) is 0 Å². The van der Waals surface area contributed by atoms with Crippen LogP contribution in [0.3, 0.4) is 0 Å². The lowest BCUT2D eigenvalue weighted by Gasteiger charge is -2.11. The van der Waals surface area contributed by atoms with E-state index in [0.717, 1.165) is 17.9 Å². The van der Waals surface area contributed by atoms with Crippen LogP contribution in [0.4, 0.5) is 4.39 Å². The van der Waals surface area contributed by atoms with Crippen molar-refractivity contribution in [3.8, 4) is 12.3 Å². The second-order valence-corrected chi connectivity index (χ2v) is 4.63. The summed E-state index contributed by atoms with van der Waals surface area (Å²) in [5.74, 6) is 3.88. The standard InChI is InChI=1S/C13H16FNOS/c1-2-8-17-9-7-15-10-13(16)11-3-5-12(14)6-4-11/h1,3-6,13,15-16H,7-10H2. The third-order valence-corrected chi connectivity index (χ3v) is 3.06. The molecule has 2 nitrogen and oxygen atoms in total. The number of benzene rings is 1. The normalized spacial score (nSPS) is 12.1. The summed E-state index contributed by atoms with van der Waals surface area (Å²) >= 11 is 1.67. The first-order valence-electron chi connectivity index (χ1n) is 5.39. The number of rotatable bonds is 7. The lowest BCUT2D eigenvalue weighted by atomic mass is 10.1. The first-order valence-corrected chi connectivity index (χ1v) is 6.55. The van der Waals surface area contributed by atoms with Crippen molar-refractivity contribution in [3.63, 3.8) is 0 Å². The van der Waals surface area contributed by atoms with E-state index in [1.165, 1.54) is 12.1 Å². The van der Waals surface area contributed by atoms with Crippen LogP contribution in [-0.4, -0.2) is 29.7 Å². The van der Waals surface area contributed by atoms with Gasteiger partial charge >= 0.3 is 0 Å². The topological polar surface area (TPSA) is 32.3 Å². The molecule has 0 aliphatic carbocycles. The van der Waals surface area contributed by atoms with Gasteiger partial charge in [-0.1, -0.05) is 18.1 Å². The minimum absolute atomic E-state index is 0.292. The van der Waals surface area contributed by atoms with E-state index in [1.54, 1.807) is 23.9 Å². The van der Waals surface area contributed by atoms with Crippen molar-refractivity contribution in [2.45, 2.75) is 6.10 Å². The Morgan fingerprint density at radius 1 is 1.41 bits per heavy atom. The quantitative estimate of drug-likeness (QED) is 0.574. The van der Waals surface area contributed by atoms with Gasteiger partial charge in [-0.25, -0.2) is 4.39 Å². The van der Waals surface area contributed by atoms with Crippen LogP contribution in [0, 0.1) is 18.2 Å². The summed E-state index contributed by atoms with van der Waals surface area (Å²) < 4.78 is 12.7. The summed E-state index contributed by atoms with van der Waals surface area (Å²) in [7, 11) is 0. The van der Waals surface area contributed by atoms with Gasteiger partial charge < -0.3 is 10.4 Å². The van der Waals surface area contributed by atoms with Gasteiger partial charge in [-0.15, -0.1) is 18.2 Å². The monoisotopic (exact) mass is 253 g/mol. The number of aliphatic hydroxyl groups is 1. The van der Waals surface area contributed by atoms with E-state index < -0.39 is 6.10 Å². The van der Waals surface area contributed by atoms with Crippen LogP contribution in [0.25, 0.3) is 0 Å². The first kappa shape index (κ1) is 14.0. The SMILES string of the molecule is C#CCSCCNCC(O)c1ccc(F)cc1. The Labute approximate surface area is 106 Å². The van der Waals surface area contributed by atoms with E-state index in [0.29, 0.717) is 12.3 Å². The second kappa shape index (κ2) is 8.13. The van der Waals surface area contributed by atoms with E-state index >= 15 is 0 Å². The Bertz CT molecular complexity index is 361. The third kappa shape index (κ3) is 5.73. The maximum absolute atomic E-state index is 12.7. The number of halogens is 1. The molecule has 0 radical (unpaired) electrons. The molecule has 0 aromatic heterocycles. The molecule has 2 N–H and O–H groups in total. The summed E-state index contributed by atoms with van der Waals surface area (Å²) in [6.07, 6.45) is 4.51. The van der Waals surface area contributed by atoms with E-state index in [2.05, 4.69) is 11.2 Å². The maximum atomic E-state index is 12.7. The fraction of sp³-hybridized carbons (Fsp3) is 0.385. The number of nitrogens with one attached hydrogen (secondary N) is 1.